The van der Waals surface area contributed by atoms with E-state index in [0.717, 1.165) is 11.3 Å². The summed E-state index contributed by atoms with van der Waals surface area (Å²) in [5.74, 6) is 0.660. The van der Waals surface area contributed by atoms with Crippen LogP contribution >= 0.6 is 23.5 Å². The number of anilines is 1. The third kappa shape index (κ3) is 6.28. The van der Waals surface area contributed by atoms with Gasteiger partial charge >= 0.3 is 5.97 Å². The van der Waals surface area contributed by atoms with Crippen LogP contribution in [0, 0.1) is 6.92 Å². The van der Waals surface area contributed by atoms with Gasteiger partial charge in [0.1, 0.15) is 5.25 Å². The number of carbonyl (C=O) groups excluding carboxylic acids is 3. The number of nitrogens with zero attached hydrogens (tertiary/aromatic N) is 1. The largest absolute Gasteiger partial charge is 0.468 e. The van der Waals surface area contributed by atoms with Crippen LogP contribution in [-0.4, -0.2) is 65.4 Å². The van der Waals surface area contributed by atoms with Gasteiger partial charge in [0, 0.05) is 24.5 Å². The summed E-state index contributed by atoms with van der Waals surface area (Å²) in [4.78, 5) is 37.5. The SMILES string of the molecule is COC(=O)[C@@H]1CN(C(=O)CSCC(=O)Nc2cccc(C)c2)CCS1. The van der Waals surface area contributed by atoms with Gasteiger partial charge < -0.3 is 15.0 Å². The Labute approximate surface area is 156 Å². The number of rotatable bonds is 6. The summed E-state index contributed by atoms with van der Waals surface area (Å²) in [7, 11) is 1.35. The van der Waals surface area contributed by atoms with E-state index in [1.165, 1.54) is 30.6 Å². The zero-order valence-electron chi connectivity index (χ0n) is 14.3. The monoisotopic (exact) mass is 382 g/mol. The van der Waals surface area contributed by atoms with Crippen molar-refractivity contribution in [2.45, 2.75) is 12.2 Å². The molecule has 2 rings (SSSR count). The summed E-state index contributed by atoms with van der Waals surface area (Å²) in [5.41, 5.74) is 1.83. The second kappa shape index (κ2) is 9.72. The van der Waals surface area contributed by atoms with Crippen molar-refractivity contribution in [1.29, 1.82) is 0 Å². The second-order valence-corrected chi connectivity index (χ2v) is 7.93. The van der Waals surface area contributed by atoms with Crippen molar-refractivity contribution in [2.24, 2.45) is 0 Å². The molecule has 0 unspecified atom stereocenters. The number of aryl methyl sites for hydroxylation is 1. The molecule has 0 aliphatic carbocycles. The average Bonchev–Trinajstić information content (AvgIpc) is 2.61. The van der Waals surface area contributed by atoms with Crippen LogP contribution in [0.25, 0.3) is 0 Å². The lowest BCUT2D eigenvalue weighted by Gasteiger charge is -2.30. The van der Waals surface area contributed by atoms with Crippen molar-refractivity contribution >= 4 is 47.0 Å². The standard InChI is InChI=1S/C17H22N2O4S2/c1-12-4-3-5-13(8-12)18-15(20)10-24-11-16(21)19-6-7-25-14(9-19)17(22)23-2/h3-5,8,14H,6-7,9-11H2,1-2H3,(H,18,20)/t14-/m0/s1. The molecular formula is C17H22N2O4S2. The molecule has 6 nitrogen and oxygen atoms in total. The van der Waals surface area contributed by atoms with Crippen LogP contribution in [0.4, 0.5) is 5.69 Å². The zero-order valence-corrected chi connectivity index (χ0v) is 16.0. The highest BCUT2D eigenvalue weighted by molar-refractivity contribution is 8.01. The van der Waals surface area contributed by atoms with Crippen LogP contribution in [0.5, 0.6) is 0 Å². The van der Waals surface area contributed by atoms with Gasteiger partial charge in [-0.25, -0.2) is 0 Å². The van der Waals surface area contributed by atoms with E-state index in [1.807, 2.05) is 31.2 Å². The van der Waals surface area contributed by atoms with E-state index >= 15 is 0 Å². The van der Waals surface area contributed by atoms with E-state index in [-0.39, 0.29) is 34.5 Å². The molecule has 0 saturated carbocycles. The average molecular weight is 383 g/mol. The summed E-state index contributed by atoms with van der Waals surface area (Å²) in [6.07, 6.45) is 0. The van der Waals surface area contributed by atoms with Crippen molar-refractivity contribution < 1.29 is 19.1 Å². The lowest BCUT2D eigenvalue weighted by molar-refractivity contribution is -0.141. The number of nitrogens with one attached hydrogen (secondary N) is 1. The minimum atomic E-state index is -0.322. The molecule has 1 aliphatic rings. The molecule has 25 heavy (non-hydrogen) atoms. The number of benzene rings is 1. The first-order valence-electron chi connectivity index (χ1n) is 7.91. The Hall–Kier alpha value is -1.67. The number of hydrogen-bond acceptors (Lipinski definition) is 6. The lowest BCUT2D eigenvalue weighted by atomic mass is 10.2. The van der Waals surface area contributed by atoms with Gasteiger partial charge in [-0.15, -0.1) is 23.5 Å². The highest BCUT2D eigenvalue weighted by atomic mass is 32.2. The Morgan fingerprint density at radius 3 is 2.88 bits per heavy atom. The fraction of sp³-hybridized carbons (Fsp3) is 0.471. The number of ether oxygens (including phenoxy) is 1. The third-order valence-electron chi connectivity index (χ3n) is 3.64. The van der Waals surface area contributed by atoms with Crippen LogP contribution in [0.15, 0.2) is 24.3 Å². The topological polar surface area (TPSA) is 75.7 Å². The molecule has 1 fully saturated rings. The molecule has 1 heterocycles. The van der Waals surface area contributed by atoms with Gasteiger partial charge in [0.25, 0.3) is 0 Å². The molecule has 1 atom stereocenters. The summed E-state index contributed by atoms with van der Waals surface area (Å²) < 4.78 is 4.74. The molecule has 1 aromatic rings. The summed E-state index contributed by atoms with van der Waals surface area (Å²) in [6.45, 7) is 2.95. The van der Waals surface area contributed by atoms with Gasteiger partial charge in [0.05, 0.1) is 18.6 Å². The first kappa shape index (κ1) is 19.7. The van der Waals surface area contributed by atoms with Crippen molar-refractivity contribution in [3.8, 4) is 0 Å². The van der Waals surface area contributed by atoms with E-state index in [0.29, 0.717) is 18.8 Å². The lowest BCUT2D eigenvalue weighted by Crippen LogP contribution is -2.45. The van der Waals surface area contributed by atoms with Gasteiger partial charge in [0.2, 0.25) is 11.8 Å². The van der Waals surface area contributed by atoms with Crippen molar-refractivity contribution in [1.82, 2.24) is 4.90 Å². The zero-order chi connectivity index (χ0) is 18.2. The van der Waals surface area contributed by atoms with Crippen molar-refractivity contribution in [3.05, 3.63) is 29.8 Å². The van der Waals surface area contributed by atoms with E-state index in [1.54, 1.807) is 4.90 Å². The molecule has 1 N–H and O–H groups in total. The van der Waals surface area contributed by atoms with Gasteiger partial charge in [-0.2, -0.15) is 0 Å². The maximum absolute atomic E-state index is 12.3. The number of methoxy groups -OCH3 is 1. The van der Waals surface area contributed by atoms with Crippen molar-refractivity contribution in [2.75, 3.05) is 42.8 Å². The molecule has 1 saturated heterocycles. The first-order chi connectivity index (χ1) is 12.0. The fourth-order valence-electron chi connectivity index (χ4n) is 2.39. The van der Waals surface area contributed by atoms with Crippen LogP contribution in [-0.2, 0) is 19.1 Å². The Morgan fingerprint density at radius 2 is 2.16 bits per heavy atom. The van der Waals surface area contributed by atoms with E-state index in [9.17, 15) is 14.4 Å². The van der Waals surface area contributed by atoms with Gasteiger partial charge in [0.15, 0.2) is 0 Å². The van der Waals surface area contributed by atoms with Crippen LogP contribution < -0.4 is 5.32 Å². The highest BCUT2D eigenvalue weighted by Crippen LogP contribution is 2.20. The number of carbonyl (C=O) groups is 3. The quantitative estimate of drug-likeness (QED) is 0.756. The fourth-order valence-corrected chi connectivity index (χ4v) is 4.24. The molecule has 136 valence electrons. The summed E-state index contributed by atoms with van der Waals surface area (Å²) in [5, 5.41) is 2.49. The van der Waals surface area contributed by atoms with Gasteiger partial charge in [-0.05, 0) is 24.6 Å². The van der Waals surface area contributed by atoms with Crippen molar-refractivity contribution in [3.63, 3.8) is 0 Å². The minimum absolute atomic E-state index is 0.0532. The Balaban J connectivity index is 1.72. The predicted molar refractivity (Wildman–Crippen MR) is 102 cm³/mol. The van der Waals surface area contributed by atoms with Crippen LogP contribution in [0.1, 0.15) is 5.56 Å². The van der Waals surface area contributed by atoms with Crippen LogP contribution in [0.3, 0.4) is 0 Å². The summed E-state index contributed by atoms with van der Waals surface area (Å²) in [6, 6.07) is 7.57. The molecular weight excluding hydrogens is 360 g/mol. The number of amides is 2. The molecule has 1 aromatic carbocycles. The first-order valence-corrected chi connectivity index (χ1v) is 10.1. The second-order valence-electron chi connectivity index (χ2n) is 5.63. The van der Waals surface area contributed by atoms with Gasteiger partial charge in [-0.3, -0.25) is 14.4 Å². The number of thioether (sulfide) groups is 2. The molecule has 2 amide bonds. The minimum Gasteiger partial charge on any atom is -0.468 e. The predicted octanol–water partition coefficient (Wildman–Crippen LogP) is 1.78. The normalized spacial score (nSPS) is 17.0. The number of hydrogen-bond donors (Lipinski definition) is 1. The van der Waals surface area contributed by atoms with Gasteiger partial charge in [-0.1, -0.05) is 12.1 Å². The smallest absolute Gasteiger partial charge is 0.320 e. The molecule has 0 radical (unpaired) electrons. The maximum atomic E-state index is 12.3. The molecule has 8 heteroatoms. The molecule has 1 aliphatic heterocycles. The van der Waals surface area contributed by atoms with E-state index in [4.69, 9.17) is 4.74 Å². The van der Waals surface area contributed by atoms with E-state index in [2.05, 4.69) is 5.32 Å². The highest BCUT2D eigenvalue weighted by Gasteiger charge is 2.29. The Bertz CT molecular complexity index is 639. The third-order valence-corrected chi connectivity index (χ3v) is 5.72. The van der Waals surface area contributed by atoms with E-state index < -0.39 is 0 Å². The molecule has 0 aromatic heterocycles. The summed E-state index contributed by atoms with van der Waals surface area (Å²) >= 11 is 2.78. The Kier molecular flexibility index (Phi) is 7.64. The Morgan fingerprint density at radius 1 is 1.36 bits per heavy atom. The number of esters is 1. The molecule has 0 spiro atoms. The molecule has 0 bridgehead atoms. The maximum Gasteiger partial charge on any atom is 0.320 e. The van der Waals surface area contributed by atoms with Crippen LogP contribution in [0.2, 0.25) is 0 Å².